The third-order valence-corrected chi connectivity index (χ3v) is 6.38. The summed E-state index contributed by atoms with van der Waals surface area (Å²) in [7, 11) is 0. The molecule has 136 valence electrons. The van der Waals surface area contributed by atoms with Crippen LogP contribution in [-0.4, -0.2) is 5.71 Å². The third-order valence-electron chi connectivity index (χ3n) is 6.38. The van der Waals surface area contributed by atoms with Gasteiger partial charge in [0.25, 0.3) is 0 Å². The van der Waals surface area contributed by atoms with Crippen LogP contribution in [0.4, 0.5) is 5.69 Å². The van der Waals surface area contributed by atoms with Gasteiger partial charge in [0, 0.05) is 5.56 Å². The van der Waals surface area contributed by atoms with Crippen molar-refractivity contribution in [3.05, 3.63) is 106 Å². The quantitative estimate of drug-likeness (QED) is 0.500. The minimum Gasteiger partial charge on any atom is -0.360 e. The summed E-state index contributed by atoms with van der Waals surface area (Å²) < 4.78 is 6.64. The second kappa shape index (κ2) is 5.76. The molecule has 0 spiro atoms. The summed E-state index contributed by atoms with van der Waals surface area (Å²) >= 11 is 0. The molecule has 3 atom stereocenters. The second-order valence-corrected chi connectivity index (χ2v) is 8.03. The van der Waals surface area contributed by atoms with Gasteiger partial charge in [-0.25, -0.2) is 0 Å². The van der Waals surface area contributed by atoms with Crippen LogP contribution < -0.4 is 0 Å². The molecular weight excluding hydrogens is 342 g/mol. The first kappa shape index (κ1) is 16.0. The first-order chi connectivity index (χ1) is 13.7. The van der Waals surface area contributed by atoms with Gasteiger partial charge in [-0.1, -0.05) is 60.7 Å². The van der Waals surface area contributed by atoms with Crippen LogP contribution in [0, 0.1) is 19.8 Å². The maximum atomic E-state index is 6.64. The van der Waals surface area contributed by atoms with Crippen molar-refractivity contribution >= 4 is 17.0 Å². The van der Waals surface area contributed by atoms with Crippen molar-refractivity contribution in [3.8, 4) is 0 Å². The maximum Gasteiger partial charge on any atom is 0.109 e. The highest BCUT2D eigenvalue weighted by atomic mass is 16.5. The molecule has 4 bridgehead atoms. The number of rotatable bonds is 1. The zero-order valence-electron chi connectivity index (χ0n) is 16.0. The molecule has 0 aromatic heterocycles. The van der Waals surface area contributed by atoms with Gasteiger partial charge >= 0.3 is 0 Å². The second-order valence-electron chi connectivity index (χ2n) is 8.03. The minimum absolute atomic E-state index is 0.00336. The highest BCUT2D eigenvalue weighted by molar-refractivity contribution is 6.08. The molecule has 0 fully saturated rings. The number of benzene rings is 3. The summed E-state index contributed by atoms with van der Waals surface area (Å²) in [4.78, 5) is 5.23. The Kier molecular flexibility index (Phi) is 3.30. The lowest BCUT2D eigenvalue weighted by atomic mass is 9.87. The smallest absolute Gasteiger partial charge is 0.109 e. The lowest BCUT2D eigenvalue weighted by Gasteiger charge is -2.29. The molecule has 3 aromatic rings. The van der Waals surface area contributed by atoms with Gasteiger partial charge in [0.1, 0.15) is 6.10 Å². The fourth-order valence-corrected chi connectivity index (χ4v) is 4.84. The fourth-order valence-electron chi connectivity index (χ4n) is 4.84. The number of nitrogens with zero attached hydrogens (tertiary/aromatic N) is 1. The lowest BCUT2D eigenvalue weighted by Crippen LogP contribution is -2.24. The Morgan fingerprint density at radius 1 is 0.821 bits per heavy atom. The number of aliphatic imine (C=N–C) groups is 1. The van der Waals surface area contributed by atoms with Crippen molar-refractivity contribution < 1.29 is 4.74 Å². The van der Waals surface area contributed by atoms with E-state index in [1.54, 1.807) is 0 Å². The third kappa shape index (κ3) is 2.15. The fraction of sp³-hybridized carbons (Fsp3) is 0.192. The Morgan fingerprint density at radius 3 is 2.36 bits per heavy atom. The van der Waals surface area contributed by atoms with Crippen LogP contribution >= 0.6 is 0 Å². The predicted molar refractivity (Wildman–Crippen MR) is 113 cm³/mol. The van der Waals surface area contributed by atoms with Gasteiger partial charge in [0.05, 0.1) is 23.4 Å². The molecule has 3 aromatic carbocycles. The molecular formula is C26H21NO. The van der Waals surface area contributed by atoms with Crippen LogP contribution in [0.5, 0.6) is 0 Å². The average molecular weight is 363 g/mol. The number of aryl methyl sites for hydroxylation is 2. The standard InChI is InChI=1S/C26H21NO/c1-15-12-20-21-14-22(26-19-11-7-6-10-18(19)25(21)28-26)24(17-8-4-3-5-9-17)27-23(20)13-16(15)2/h3-14,22,25-26H,1-2H3. The molecule has 2 heteroatoms. The van der Waals surface area contributed by atoms with Gasteiger partial charge in [0.2, 0.25) is 0 Å². The van der Waals surface area contributed by atoms with Crippen molar-refractivity contribution in [3.63, 3.8) is 0 Å². The van der Waals surface area contributed by atoms with Gasteiger partial charge in [-0.15, -0.1) is 0 Å². The largest absolute Gasteiger partial charge is 0.360 e. The van der Waals surface area contributed by atoms with Crippen molar-refractivity contribution in [2.24, 2.45) is 10.9 Å². The molecule has 3 aliphatic rings. The van der Waals surface area contributed by atoms with Crippen molar-refractivity contribution in [1.82, 2.24) is 0 Å². The van der Waals surface area contributed by atoms with Crippen LogP contribution in [0.2, 0.25) is 0 Å². The van der Waals surface area contributed by atoms with E-state index in [0.29, 0.717) is 0 Å². The van der Waals surface area contributed by atoms with Gasteiger partial charge < -0.3 is 4.74 Å². The number of fused-ring (bicyclic) bond motifs is 10. The molecule has 6 rings (SSSR count). The summed E-state index contributed by atoms with van der Waals surface area (Å²) in [6.07, 6.45) is 2.45. The predicted octanol–water partition coefficient (Wildman–Crippen LogP) is 6.26. The molecule has 0 saturated heterocycles. The van der Waals surface area contributed by atoms with E-state index >= 15 is 0 Å². The topological polar surface area (TPSA) is 21.6 Å². The summed E-state index contributed by atoms with van der Waals surface area (Å²) in [6, 6.07) is 23.7. The highest BCUT2D eigenvalue weighted by Gasteiger charge is 2.45. The van der Waals surface area contributed by atoms with E-state index in [-0.39, 0.29) is 18.1 Å². The first-order valence-electron chi connectivity index (χ1n) is 9.92. The van der Waals surface area contributed by atoms with Crippen LogP contribution in [0.15, 0.2) is 77.8 Å². The Morgan fingerprint density at radius 2 is 1.54 bits per heavy atom. The highest BCUT2D eigenvalue weighted by Crippen LogP contribution is 2.56. The summed E-state index contributed by atoms with van der Waals surface area (Å²) in [5, 5.41) is 0. The molecule has 0 saturated carbocycles. The Labute approximate surface area is 165 Å². The minimum atomic E-state index is 0.00336. The molecule has 0 amide bonds. The molecule has 0 aliphatic carbocycles. The molecule has 28 heavy (non-hydrogen) atoms. The van der Waals surface area contributed by atoms with E-state index in [1.165, 1.54) is 39.0 Å². The Hall–Kier alpha value is -2.97. The van der Waals surface area contributed by atoms with E-state index in [1.807, 2.05) is 0 Å². The van der Waals surface area contributed by atoms with Crippen molar-refractivity contribution in [2.75, 3.05) is 0 Å². The molecule has 2 nitrogen and oxygen atoms in total. The number of ether oxygens (including phenoxy) is 1. The van der Waals surface area contributed by atoms with Crippen LogP contribution in [0.25, 0.3) is 5.57 Å². The SMILES string of the molecule is Cc1cc2c(cc1C)C1=CC(C(c3ccccc3)=N2)C2OC1c1ccccc12. The van der Waals surface area contributed by atoms with E-state index in [9.17, 15) is 0 Å². The Bertz CT molecular complexity index is 1170. The first-order valence-corrected chi connectivity index (χ1v) is 9.92. The van der Waals surface area contributed by atoms with Crippen molar-refractivity contribution in [2.45, 2.75) is 26.1 Å². The van der Waals surface area contributed by atoms with E-state index in [2.05, 4.69) is 86.7 Å². The van der Waals surface area contributed by atoms with E-state index < -0.39 is 0 Å². The molecule has 3 aliphatic heterocycles. The Balaban J connectivity index is 1.66. The zero-order chi connectivity index (χ0) is 18.8. The molecule has 3 unspecified atom stereocenters. The van der Waals surface area contributed by atoms with Gasteiger partial charge in [-0.05, 0) is 59.4 Å². The zero-order valence-corrected chi connectivity index (χ0v) is 16.0. The molecule has 0 radical (unpaired) electrons. The monoisotopic (exact) mass is 363 g/mol. The van der Waals surface area contributed by atoms with Crippen molar-refractivity contribution in [1.29, 1.82) is 0 Å². The summed E-state index contributed by atoms with van der Waals surface area (Å²) in [5.41, 5.74) is 11.0. The van der Waals surface area contributed by atoms with Crippen LogP contribution in [-0.2, 0) is 4.74 Å². The summed E-state index contributed by atoms with van der Waals surface area (Å²) in [5.74, 6) is 0.116. The van der Waals surface area contributed by atoms with Crippen LogP contribution in [0.3, 0.4) is 0 Å². The van der Waals surface area contributed by atoms with Gasteiger partial charge in [-0.2, -0.15) is 0 Å². The normalized spacial score (nSPS) is 24.0. The lowest BCUT2D eigenvalue weighted by molar-refractivity contribution is 0.0230. The average Bonchev–Trinajstić information content (AvgIpc) is 2.98. The number of hydrogen-bond donors (Lipinski definition) is 0. The molecule has 3 heterocycles. The van der Waals surface area contributed by atoms with E-state index in [0.717, 1.165) is 11.4 Å². The van der Waals surface area contributed by atoms with Gasteiger partial charge in [0.15, 0.2) is 0 Å². The molecule has 0 N–H and O–H groups in total. The summed E-state index contributed by atoms with van der Waals surface area (Å²) in [6.45, 7) is 4.34. The van der Waals surface area contributed by atoms with Gasteiger partial charge in [-0.3, -0.25) is 4.99 Å². The maximum absolute atomic E-state index is 6.64. The van der Waals surface area contributed by atoms with E-state index in [4.69, 9.17) is 9.73 Å². The number of hydrogen-bond acceptors (Lipinski definition) is 2. The van der Waals surface area contributed by atoms with Crippen LogP contribution in [0.1, 0.15) is 45.6 Å².